The second-order valence-electron chi connectivity index (χ2n) is 6.44. The summed E-state index contributed by atoms with van der Waals surface area (Å²) in [5, 5.41) is 5.81. The first kappa shape index (κ1) is 17.5. The third kappa shape index (κ3) is 5.36. The van der Waals surface area contributed by atoms with Crippen LogP contribution in [0.4, 0.5) is 5.69 Å². The Morgan fingerprint density at radius 1 is 1.13 bits per heavy atom. The maximum atomic E-state index is 12.2. The van der Waals surface area contributed by atoms with E-state index in [4.69, 9.17) is 0 Å². The third-order valence-corrected chi connectivity index (χ3v) is 4.18. The van der Waals surface area contributed by atoms with Gasteiger partial charge in [0.25, 0.3) is 0 Å². The summed E-state index contributed by atoms with van der Waals surface area (Å²) in [5.74, 6) is -0.396. The van der Waals surface area contributed by atoms with Gasteiger partial charge in [-0.1, -0.05) is 19.1 Å². The molecule has 2 N–H and O–H groups in total. The Morgan fingerprint density at radius 2 is 1.78 bits per heavy atom. The van der Waals surface area contributed by atoms with Crippen LogP contribution in [0.15, 0.2) is 24.3 Å². The number of hydrogen-bond donors (Lipinski definition) is 2. The van der Waals surface area contributed by atoms with Crippen LogP contribution in [0, 0.1) is 11.8 Å². The molecular weight excluding hydrogens is 290 g/mol. The van der Waals surface area contributed by atoms with Crippen molar-refractivity contribution < 1.29 is 9.59 Å². The average Bonchev–Trinajstić information content (AvgIpc) is 3.32. The van der Waals surface area contributed by atoms with Gasteiger partial charge in [-0.05, 0) is 57.6 Å². The standard InChI is InChI=1S/C18H27N3O2/c1-4-13-6-8-14(9-7-13)20-18(23)16-12-15(16)17(22)19-10-5-11-21(2)3/h6-9,15-16H,4-5,10-12H2,1-3H3,(H,19,22)(H,20,23). The molecule has 5 nitrogen and oxygen atoms in total. The smallest absolute Gasteiger partial charge is 0.228 e. The van der Waals surface area contributed by atoms with Crippen LogP contribution in [0.25, 0.3) is 0 Å². The molecule has 0 radical (unpaired) electrons. The number of carbonyl (C=O) groups excluding carboxylic acids is 2. The van der Waals surface area contributed by atoms with Crippen LogP contribution in [0.5, 0.6) is 0 Å². The summed E-state index contributed by atoms with van der Waals surface area (Å²) in [4.78, 5) is 26.2. The normalized spacial score (nSPS) is 19.5. The molecule has 1 fully saturated rings. The van der Waals surface area contributed by atoms with Gasteiger partial charge in [0, 0.05) is 12.2 Å². The number of rotatable bonds is 8. The average molecular weight is 317 g/mol. The number of nitrogens with one attached hydrogen (secondary N) is 2. The minimum atomic E-state index is -0.185. The number of nitrogens with zero attached hydrogens (tertiary/aromatic N) is 1. The van der Waals surface area contributed by atoms with Gasteiger partial charge in [0.15, 0.2) is 0 Å². The summed E-state index contributed by atoms with van der Waals surface area (Å²) >= 11 is 0. The maximum Gasteiger partial charge on any atom is 0.228 e. The predicted molar refractivity (Wildman–Crippen MR) is 92.2 cm³/mol. The second-order valence-corrected chi connectivity index (χ2v) is 6.44. The van der Waals surface area contributed by atoms with Gasteiger partial charge in [-0.2, -0.15) is 0 Å². The maximum absolute atomic E-state index is 12.2. The van der Waals surface area contributed by atoms with Crippen LogP contribution in [-0.2, 0) is 16.0 Å². The zero-order chi connectivity index (χ0) is 16.8. The van der Waals surface area contributed by atoms with Crippen LogP contribution in [0.1, 0.15) is 25.3 Å². The van der Waals surface area contributed by atoms with Crippen LogP contribution in [0.2, 0.25) is 0 Å². The summed E-state index contributed by atoms with van der Waals surface area (Å²) in [6.07, 6.45) is 2.55. The van der Waals surface area contributed by atoms with Gasteiger partial charge < -0.3 is 15.5 Å². The van der Waals surface area contributed by atoms with E-state index in [1.165, 1.54) is 5.56 Å². The van der Waals surface area contributed by atoms with Gasteiger partial charge in [-0.25, -0.2) is 0 Å². The van der Waals surface area contributed by atoms with Gasteiger partial charge in [0.2, 0.25) is 11.8 Å². The lowest BCUT2D eigenvalue weighted by Crippen LogP contribution is -2.30. The fourth-order valence-corrected chi connectivity index (χ4v) is 2.57. The highest BCUT2D eigenvalue weighted by Gasteiger charge is 2.47. The first-order chi connectivity index (χ1) is 11.0. The lowest BCUT2D eigenvalue weighted by atomic mass is 10.1. The van der Waals surface area contributed by atoms with Crippen molar-refractivity contribution in [1.29, 1.82) is 0 Å². The summed E-state index contributed by atoms with van der Waals surface area (Å²) in [6, 6.07) is 7.85. The van der Waals surface area contributed by atoms with E-state index in [1.807, 2.05) is 38.4 Å². The Labute approximate surface area is 138 Å². The Kier molecular flexibility index (Phi) is 6.16. The minimum absolute atomic E-state index is 0.00485. The van der Waals surface area contributed by atoms with E-state index >= 15 is 0 Å². The number of aryl methyl sites for hydroxylation is 1. The molecule has 0 aromatic heterocycles. The topological polar surface area (TPSA) is 61.4 Å². The molecule has 126 valence electrons. The summed E-state index contributed by atoms with van der Waals surface area (Å²) in [7, 11) is 4.02. The molecule has 2 rings (SSSR count). The quantitative estimate of drug-likeness (QED) is 0.720. The molecule has 5 heteroatoms. The molecule has 1 aliphatic rings. The van der Waals surface area contributed by atoms with Gasteiger partial charge in [-0.15, -0.1) is 0 Å². The Bertz CT molecular complexity index is 540. The Morgan fingerprint density at radius 3 is 2.39 bits per heavy atom. The number of hydrogen-bond acceptors (Lipinski definition) is 3. The monoisotopic (exact) mass is 317 g/mol. The van der Waals surface area contributed by atoms with Gasteiger partial charge in [0.05, 0.1) is 11.8 Å². The molecule has 0 spiro atoms. The van der Waals surface area contributed by atoms with E-state index in [-0.39, 0.29) is 23.7 Å². The molecular formula is C18H27N3O2. The van der Waals surface area contributed by atoms with Gasteiger partial charge >= 0.3 is 0 Å². The van der Waals surface area contributed by atoms with Crippen LogP contribution in [0.3, 0.4) is 0 Å². The summed E-state index contributed by atoms with van der Waals surface area (Å²) in [5.41, 5.74) is 2.04. The second kappa shape index (κ2) is 8.11. The lowest BCUT2D eigenvalue weighted by Gasteiger charge is -2.10. The predicted octanol–water partition coefficient (Wildman–Crippen LogP) is 1.89. The van der Waals surface area contributed by atoms with Crippen molar-refractivity contribution in [2.45, 2.75) is 26.2 Å². The minimum Gasteiger partial charge on any atom is -0.356 e. The third-order valence-electron chi connectivity index (χ3n) is 4.18. The summed E-state index contributed by atoms with van der Waals surface area (Å²) in [6.45, 7) is 3.71. The molecule has 0 aliphatic heterocycles. The van der Waals surface area contributed by atoms with Crippen molar-refractivity contribution in [3.05, 3.63) is 29.8 Å². The Hall–Kier alpha value is -1.88. The van der Waals surface area contributed by atoms with E-state index in [2.05, 4.69) is 22.5 Å². The molecule has 1 saturated carbocycles. The fourth-order valence-electron chi connectivity index (χ4n) is 2.57. The lowest BCUT2D eigenvalue weighted by molar-refractivity contribution is -0.125. The molecule has 2 atom stereocenters. The molecule has 0 heterocycles. The van der Waals surface area contributed by atoms with E-state index in [0.29, 0.717) is 13.0 Å². The van der Waals surface area contributed by atoms with Crippen molar-refractivity contribution in [2.24, 2.45) is 11.8 Å². The van der Waals surface area contributed by atoms with Gasteiger partial charge in [0.1, 0.15) is 0 Å². The molecule has 2 amide bonds. The number of anilines is 1. The fraction of sp³-hybridized carbons (Fsp3) is 0.556. The van der Waals surface area contributed by atoms with E-state index in [1.54, 1.807) is 0 Å². The zero-order valence-corrected chi connectivity index (χ0v) is 14.3. The zero-order valence-electron chi connectivity index (χ0n) is 14.3. The van der Waals surface area contributed by atoms with Crippen LogP contribution < -0.4 is 10.6 Å². The highest BCUT2D eigenvalue weighted by atomic mass is 16.2. The molecule has 1 aromatic rings. The molecule has 2 unspecified atom stereocenters. The SMILES string of the molecule is CCc1ccc(NC(=O)C2CC2C(=O)NCCCN(C)C)cc1. The van der Waals surface area contributed by atoms with E-state index in [9.17, 15) is 9.59 Å². The summed E-state index contributed by atoms with van der Waals surface area (Å²) < 4.78 is 0. The molecule has 1 aromatic carbocycles. The number of amides is 2. The van der Waals surface area contributed by atoms with E-state index < -0.39 is 0 Å². The Balaban J connectivity index is 1.71. The first-order valence-corrected chi connectivity index (χ1v) is 8.33. The van der Waals surface area contributed by atoms with E-state index in [0.717, 1.165) is 25.1 Å². The van der Waals surface area contributed by atoms with Crippen molar-refractivity contribution in [1.82, 2.24) is 10.2 Å². The molecule has 0 bridgehead atoms. The van der Waals surface area contributed by atoms with Crippen molar-refractivity contribution in [2.75, 3.05) is 32.5 Å². The number of carbonyl (C=O) groups is 2. The van der Waals surface area contributed by atoms with Crippen molar-refractivity contribution in [3.63, 3.8) is 0 Å². The highest BCUT2D eigenvalue weighted by molar-refractivity contribution is 5.99. The van der Waals surface area contributed by atoms with Crippen LogP contribution in [-0.4, -0.2) is 43.9 Å². The molecule has 0 saturated heterocycles. The first-order valence-electron chi connectivity index (χ1n) is 8.33. The van der Waals surface area contributed by atoms with Crippen LogP contribution >= 0.6 is 0 Å². The number of benzene rings is 1. The van der Waals surface area contributed by atoms with Gasteiger partial charge in [-0.3, -0.25) is 9.59 Å². The largest absolute Gasteiger partial charge is 0.356 e. The van der Waals surface area contributed by atoms with Crippen molar-refractivity contribution >= 4 is 17.5 Å². The molecule has 1 aliphatic carbocycles. The highest BCUT2D eigenvalue weighted by Crippen LogP contribution is 2.39. The van der Waals surface area contributed by atoms with Crippen molar-refractivity contribution in [3.8, 4) is 0 Å². The molecule has 23 heavy (non-hydrogen) atoms.